The van der Waals surface area contributed by atoms with Gasteiger partial charge in [-0.25, -0.2) is 4.57 Å². The number of hydrogen-bond donors (Lipinski definition) is 3. The Bertz CT molecular complexity index is 1050. The number of phosphoric ester groups is 1. The highest BCUT2D eigenvalue weighted by atomic mass is 31.2. The van der Waals surface area contributed by atoms with Gasteiger partial charge in [-0.15, -0.1) is 0 Å². The second kappa shape index (κ2) is 37.9. The first-order valence-electron chi connectivity index (χ1n) is 21.4. The van der Waals surface area contributed by atoms with E-state index in [4.69, 9.17) is 19.3 Å². The fraction of sp³-hybridized carbons (Fsp3) is 0.773. The number of rotatable bonds is 38. The number of phosphoric acid groups is 1. The van der Waals surface area contributed by atoms with Crippen molar-refractivity contribution in [1.29, 1.82) is 0 Å². The average Bonchev–Trinajstić information content (AvgIpc) is 3.13. The summed E-state index contributed by atoms with van der Waals surface area (Å²) in [6, 6.07) is 0. The Balaban J connectivity index is 4.00. The molecule has 0 fully saturated rings. The lowest BCUT2D eigenvalue weighted by Crippen LogP contribution is -2.29. The number of hydrogen-bond acceptors (Lipinski definition) is 7. The molecule has 54 heavy (non-hydrogen) atoms. The molecule has 3 N–H and O–H groups in total. The fourth-order valence-electron chi connectivity index (χ4n) is 5.83. The SMILES string of the molecule is CC[C@@H](O)CC/C=C\C/C=C\C/C=C\C/C=C\CCCC(=O)O[C@H](COC(=O)CCCCCCCCCCCCCCCCCC(C)C)COP(=O)(O)O. The highest BCUT2D eigenvalue weighted by molar-refractivity contribution is 7.46. The van der Waals surface area contributed by atoms with Crippen molar-refractivity contribution in [2.75, 3.05) is 13.2 Å². The van der Waals surface area contributed by atoms with Gasteiger partial charge in [0.25, 0.3) is 0 Å². The van der Waals surface area contributed by atoms with E-state index in [-0.39, 0.29) is 25.6 Å². The summed E-state index contributed by atoms with van der Waals surface area (Å²) >= 11 is 0. The second-order valence-electron chi connectivity index (χ2n) is 14.9. The van der Waals surface area contributed by atoms with Crippen LogP contribution >= 0.6 is 7.82 Å². The van der Waals surface area contributed by atoms with E-state index in [1.165, 1.54) is 83.5 Å². The van der Waals surface area contributed by atoms with Crippen LogP contribution < -0.4 is 0 Å². The average molecular weight is 783 g/mol. The molecule has 0 aliphatic rings. The summed E-state index contributed by atoms with van der Waals surface area (Å²) < 4.78 is 26.3. The van der Waals surface area contributed by atoms with E-state index < -0.39 is 32.5 Å². The highest BCUT2D eigenvalue weighted by Gasteiger charge is 2.22. The smallest absolute Gasteiger partial charge is 0.462 e. The van der Waals surface area contributed by atoms with Crippen molar-refractivity contribution in [3.63, 3.8) is 0 Å². The van der Waals surface area contributed by atoms with Gasteiger partial charge in [0.05, 0.1) is 12.7 Å². The predicted molar refractivity (Wildman–Crippen MR) is 222 cm³/mol. The zero-order valence-electron chi connectivity index (χ0n) is 34.4. The number of esters is 2. The van der Waals surface area contributed by atoms with Gasteiger partial charge in [-0.1, -0.05) is 166 Å². The minimum absolute atomic E-state index is 0.123. The molecule has 9 nitrogen and oxygen atoms in total. The molecule has 0 heterocycles. The molecule has 0 bridgehead atoms. The third-order valence-corrected chi connectivity index (χ3v) is 9.68. The number of aliphatic hydroxyl groups excluding tert-OH is 1. The molecule has 10 heteroatoms. The molecule has 314 valence electrons. The lowest BCUT2D eigenvalue weighted by Gasteiger charge is -2.18. The molecule has 0 spiro atoms. The molecule has 0 aromatic heterocycles. The van der Waals surface area contributed by atoms with Gasteiger partial charge in [0.1, 0.15) is 6.61 Å². The summed E-state index contributed by atoms with van der Waals surface area (Å²) in [5.74, 6) is -0.134. The van der Waals surface area contributed by atoms with Gasteiger partial charge in [-0.3, -0.25) is 14.1 Å². The lowest BCUT2D eigenvalue weighted by atomic mass is 10.0. The molecule has 0 unspecified atom stereocenters. The van der Waals surface area contributed by atoms with Gasteiger partial charge < -0.3 is 24.4 Å². The zero-order chi connectivity index (χ0) is 40.0. The van der Waals surface area contributed by atoms with Crippen LogP contribution in [-0.4, -0.2) is 52.3 Å². The van der Waals surface area contributed by atoms with Crippen molar-refractivity contribution >= 4 is 19.8 Å². The number of aliphatic hydroxyl groups is 1. The molecule has 0 aromatic rings. The maximum atomic E-state index is 12.4. The van der Waals surface area contributed by atoms with E-state index in [1.54, 1.807) is 0 Å². The molecule has 0 amide bonds. The van der Waals surface area contributed by atoms with Crippen LogP contribution in [-0.2, 0) is 28.2 Å². The Morgan fingerprint density at radius 1 is 0.574 bits per heavy atom. The normalized spacial score (nSPS) is 13.6. The molecule has 0 rings (SSSR count). The summed E-state index contributed by atoms with van der Waals surface area (Å²) in [5.41, 5.74) is 0. The summed E-state index contributed by atoms with van der Waals surface area (Å²) in [6.07, 6.45) is 42.1. The van der Waals surface area contributed by atoms with Crippen LogP contribution in [0.1, 0.15) is 188 Å². The monoisotopic (exact) mass is 783 g/mol. The van der Waals surface area contributed by atoms with Crippen LogP contribution in [0.4, 0.5) is 0 Å². The van der Waals surface area contributed by atoms with Gasteiger partial charge >= 0.3 is 19.8 Å². The molecule has 2 atom stereocenters. The van der Waals surface area contributed by atoms with Crippen molar-refractivity contribution in [1.82, 2.24) is 0 Å². The van der Waals surface area contributed by atoms with Gasteiger partial charge in [-0.2, -0.15) is 0 Å². The van der Waals surface area contributed by atoms with Gasteiger partial charge in [0, 0.05) is 12.8 Å². The molecule has 0 saturated heterocycles. The summed E-state index contributed by atoms with van der Waals surface area (Å²) in [6.45, 7) is 5.71. The minimum atomic E-state index is -4.78. The Morgan fingerprint density at radius 3 is 1.50 bits per heavy atom. The minimum Gasteiger partial charge on any atom is -0.462 e. The standard InChI is InChI=1S/C44H79O9P/c1-4-41(45)35-31-27-23-19-15-11-8-9-13-17-21-25-29-33-37-44(47)53-42(39-52-54(48,49)50)38-51-43(46)36-32-28-24-20-16-12-7-5-6-10-14-18-22-26-30-34-40(2)3/h9,11,13,15,21,23,25,27,40-42,45H,4-8,10,12,14,16-20,22,24,26,28-39H2,1-3H3,(H2,48,49,50)/b13-9-,15-11-,25-21-,27-23-/t41-,42-/m1/s1. The summed E-state index contributed by atoms with van der Waals surface area (Å²) in [5, 5.41) is 9.54. The highest BCUT2D eigenvalue weighted by Crippen LogP contribution is 2.36. The summed E-state index contributed by atoms with van der Waals surface area (Å²) in [7, 11) is -4.78. The van der Waals surface area contributed by atoms with Crippen molar-refractivity contribution in [3.8, 4) is 0 Å². The van der Waals surface area contributed by atoms with E-state index in [9.17, 15) is 19.3 Å². The number of allylic oxidation sites excluding steroid dienone is 8. The maximum absolute atomic E-state index is 12.4. The predicted octanol–water partition coefficient (Wildman–Crippen LogP) is 12.0. The van der Waals surface area contributed by atoms with E-state index >= 15 is 0 Å². The van der Waals surface area contributed by atoms with Crippen LogP contribution in [0, 0.1) is 5.92 Å². The first-order chi connectivity index (χ1) is 26.0. The quantitative estimate of drug-likeness (QED) is 0.0242. The molecular weight excluding hydrogens is 703 g/mol. The molecule has 0 aliphatic heterocycles. The van der Waals surface area contributed by atoms with Crippen LogP contribution in [0.5, 0.6) is 0 Å². The third kappa shape index (κ3) is 41.1. The first kappa shape index (κ1) is 52.0. The van der Waals surface area contributed by atoms with Crippen LogP contribution in [0.2, 0.25) is 0 Å². The van der Waals surface area contributed by atoms with E-state index in [0.29, 0.717) is 19.3 Å². The lowest BCUT2D eigenvalue weighted by molar-refractivity contribution is -0.161. The van der Waals surface area contributed by atoms with E-state index in [0.717, 1.165) is 57.3 Å². The largest absolute Gasteiger partial charge is 0.469 e. The van der Waals surface area contributed by atoms with Crippen molar-refractivity contribution in [3.05, 3.63) is 48.6 Å². The van der Waals surface area contributed by atoms with Crippen molar-refractivity contribution in [2.45, 2.75) is 200 Å². The van der Waals surface area contributed by atoms with Gasteiger partial charge in [0.2, 0.25) is 0 Å². The zero-order valence-corrected chi connectivity index (χ0v) is 35.3. The Kier molecular flexibility index (Phi) is 36.4. The molecule has 0 radical (unpaired) electrons. The number of carbonyl (C=O) groups excluding carboxylic acids is 2. The number of ether oxygens (including phenoxy) is 2. The van der Waals surface area contributed by atoms with Crippen LogP contribution in [0.15, 0.2) is 48.6 Å². The number of carbonyl (C=O) groups is 2. The number of unbranched alkanes of at least 4 members (excludes halogenated alkanes) is 15. The maximum Gasteiger partial charge on any atom is 0.469 e. The molecule has 0 aromatic carbocycles. The van der Waals surface area contributed by atoms with E-state index in [1.807, 2.05) is 19.1 Å². The molecular formula is C44H79O9P. The molecule has 0 saturated carbocycles. The Morgan fingerprint density at radius 2 is 1.02 bits per heavy atom. The van der Waals surface area contributed by atoms with Crippen LogP contribution in [0.25, 0.3) is 0 Å². The third-order valence-electron chi connectivity index (χ3n) is 9.19. The summed E-state index contributed by atoms with van der Waals surface area (Å²) in [4.78, 5) is 42.8. The first-order valence-corrected chi connectivity index (χ1v) is 22.9. The fourth-order valence-corrected chi connectivity index (χ4v) is 6.19. The molecule has 0 aliphatic carbocycles. The Hall–Kier alpha value is -2.03. The van der Waals surface area contributed by atoms with Crippen molar-refractivity contribution in [2.24, 2.45) is 5.92 Å². The van der Waals surface area contributed by atoms with Gasteiger partial charge in [0.15, 0.2) is 6.10 Å². The van der Waals surface area contributed by atoms with Gasteiger partial charge in [-0.05, 0) is 63.7 Å². The van der Waals surface area contributed by atoms with Crippen LogP contribution in [0.3, 0.4) is 0 Å². The topological polar surface area (TPSA) is 140 Å². The van der Waals surface area contributed by atoms with Crippen molar-refractivity contribution < 1.29 is 43.0 Å². The Labute approximate surface area is 329 Å². The second-order valence-corrected chi connectivity index (χ2v) is 16.2. The van der Waals surface area contributed by atoms with E-state index in [2.05, 4.69) is 54.8 Å².